The molecule has 0 atom stereocenters. The third-order valence-electron chi connectivity index (χ3n) is 3.22. The van der Waals surface area contributed by atoms with Gasteiger partial charge in [-0.2, -0.15) is 0 Å². The number of imidazole rings is 1. The van der Waals surface area contributed by atoms with Crippen LogP contribution < -0.4 is 10.6 Å². The molecule has 0 spiro atoms. The predicted molar refractivity (Wildman–Crippen MR) is 106 cm³/mol. The van der Waals surface area contributed by atoms with Gasteiger partial charge in [-0.15, -0.1) is 24.0 Å². The van der Waals surface area contributed by atoms with E-state index in [1.807, 2.05) is 36.0 Å². The summed E-state index contributed by atoms with van der Waals surface area (Å²) in [6, 6.07) is 4.01. The van der Waals surface area contributed by atoms with Gasteiger partial charge >= 0.3 is 0 Å². The van der Waals surface area contributed by atoms with E-state index in [1.54, 1.807) is 19.6 Å². The van der Waals surface area contributed by atoms with Gasteiger partial charge in [0.15, 0.2) is 5.96 Å². The zero-order chi connectivity index (χ0) is 16.3. The first-order valence-electron chi connectivity index (χ1n) is 7.79. The zero-order valence-corrected chi connectivity index (χ0v) is 16.4. The smallest absolute Gasteiger partial charge is 0.191 e. The number of hydrogen-bond donors (Lipinski definition) is 2. The lowest BCUT2D eigenvalue weighted by molar-refractivity contribution is 0.145. The van der Waals surface area contributed by atoms with Crippen LogP contribution in [0.2, 0.25) is 0 Å². The summed E-state index contributed by atoms with van der Waals surface area (Å²) in [5.74, 6) is 1.63. The highest BCUT2D eigenvalue weighted by molar-refractivity contribution is 14.0. The Balaban J connectivity index is 0.00000288. The monoisotopic (exact) mass is 444 g/mol. The summed E-state index contributed by atoms with van der Waals surface area (Å²) in [4.78, 5) is 12.6. The standard InChI is InChI=1S/C16H24N6O.HI/c1-3-23-10-4-7-19-16(17-2)21-12-14-5-6-15(20-11-14)22-9-8-18-13-22;/h5-6,8-9,11,13H,3-4,7,10,12H2,1-2H3,(H2,17,19,21);1H. The first-order valence-corrected chi connectivity index (χ1v) is 7.79. The molecular weight excluding hydrogens is 419 g/mol. The van der Waals surface area contributed by atoms with E-state index in [-0.39, 0.29) is 24.0 Å². The quantitative estimate of drug-likeness (QED) is 0.282. The summed E-state index contributed by atoms with van der Waals surface area (Å²) in [5, 5.41) is 6.53. The van der Waals surface area contributed by atoms with Crippen molar-refractivity contribution in [2.24, 2.45) is 4.99 Å². The van der Waals surface area contributed by atoms with Crippen molar-refractivity contribution in [1.82, 2.24) is 25.2 Å². The molecule has 0 fully saturated rings. The zero-order valence-electron chi connectivity index (χ0n) is 14.1. The van der Waals surface area contributed by atoms with Crippen molar-refractivity contribution in [2.75, 3.05) is 26.8 Å². The lowest BCUT2D eigenvalue weighted by Crippen LogP contribution is -2.37. The number of nitrogens with zero attached hydrogens (tertiary/aromatic N) is 4. The number of aromatic nitrogens is 3. The van der Waals surface area contributed by atoms with Crippen molar-refractivity contribution in [2.45, 2.75) is 19.9 Å². The van der Waals surface area contributed by atoms with E-state index in [1.165, 1.54) is 0 Å². The normalized spacial score (nSPS) is 11.0. The van der Waals surface area contributed by atoms with Crippen molar-refractivity contribution in [3.05, 3.63) is 42.6 Å². The van der Waals surface area contributed by atoms with Crippen LogP contribution in [0, 0.1) is 0 Å². The van der Waals surface area contributed by atoms with Crippen molar-refractivity contribution < 1.29 is 4.74 Å². The van der Waals surface area contributed by atoms with Gasteiger partial charge in [-0.25, -0.2) is 9.97 Å². The SMILES string of the molecule is CCOCCCNC(=NC)NCc1ccc(-n2ccnc2)nc1.I. The Morgan fingerprint density at radius 2 is 2.21 bits per heavy atom. The maximum atomic E-state index is 5.31. The minimum Gasteiger partial charge on any atom is -0.382 e. The largest absolute Gasteiger partial charge is 0.382 e. The third kappa shape index (κ3) is 6.83. The van der Waals surface area contributed by atoms with Gasteiger partial charge in [0.05, 0.1) is 0 Å². The highest BCUT2D eigenvalue weighted by Gasteiger charge is 2.00. The number of pyridine rings is 1. The highest BCUT2D eigenvalue weighted by atomic mass is 127. The topological polar surface area (TPSA) is 76.4 Å². The number of halogens is 1. The molecule has 8 heteroatoms. The minimum absolute atomic E-state index is 0. The van der Waals surface area contributed by atoms with E-state index in [9.17, 15) is 0 Å². The van der Waals surface area contributed by atoms with Crippen molar-refractivity contribution in [1.29, 1.82) is 0 Å². The summed E-state index contributed by atoms with van der Waals surface area (Å²) in [6.45, 7) is 5.02. The van der Waals surface area contributed by atoms with Crippen molar-refractivity contribution in [3.63, 3.8) is 0 Å². The molecule has 0 unspecified atom stereocenters. The Labute approximate surface area is 160 Å². The Kier molecular flexibility index (Phi) is 10.0. The van der Waals surface area contributed by atoms with E-state index in [0.29, 0.717) is 6.54 Å². The molecule has 2 aromatic rings. The van der Waals surface area contributed by atoms with Crippen LogP contribution in [0.15, 0.2) is 42.0 Å². The average molecular weight is 444 g/mol. The molecule has 2 aromatic heterocycles. The summed E-state index contributed by atoms with van der Waals surface area (Å²) in [6.07, 6.45) is 8.14. The number of ether oxygens (including phenoxy) is 1. The van der Waals surface area contributed by atoms with Gasteiger partial charge in [0.2, 0.25) is 0 Å². The minimum atomic E-state index is 0. The highest BCUT2D eigenvalue weighted by Crippen LogP contribution is 2.05. The molecule has 0 amide bonds. The number of rotatable bonds is 8. The summed E-state index contributed by atoms with van der Waals surface area (Å²) in [7, 11) is 1.76. The fourth-order valence-electron chi connectivity index (χ4n) is 2.00. The Bertz CT molecular complexity index is 585. The molecule has 2 rings (SSSR count). The average Bonchev–Trinajstić information content (AvgIpc) is 3.12. The number of aliphatic imine (C=N–C) groups is 1. The molecule has 0 bridgehead atoms. The number of guanidine groups is 1. The van der Waals surface area contributed by atoms with Crippen molar-refractivity contribution in [3.8, 4) is 5.82 Å². The van der Waals surface area contributed by atoms with E-state index < -0.39 is 0 Å². The Morgan fingerprint density at radius 3 is 2.83 bits per heavy atom. The molecule has 0 saturated heterocycles. The number of hydrogen-bond acceptors (Lipinski definition) is 4. The summed E-state index contributed by atoms with van der Waals surface area (Å²) in [5.41, 5.74) is 1.09. The van der Waals surface area contributed by atoms with Gasteiger partial charge in [-0.05, 0) is 25.0 Å². The summed E-state index contributed by atoms with van der Waals surface area (Å²) < 4.78 is 7.18. The second-order valence-corrected chi connectivity index (χ2v) is 4.90. The lowest BCUT2D eigenvalue weighted by atomic mass is 10.3. The molecule has 24 heavy (non-hydrogen) atoms. The molecule has 7 nitrogen and oxygen atoms in total. The van der Waals surface area contributed by atoms with Crippen LogP contribution in [0.25, 0.3) is 5.82 Å². The van der Waals surface area contributed by atoms with Crippen LogP contribution in [0.1, 0.15) is 18.9 Å². The van der Waals surface area contributed by atoms with E-state index in [4.69, 9.17) is 4.74 Å². The Morgan fingerprint density at radius 1 is 1.33 bits per heavy atom. The van der Waals surface area contributed by atoms with E-state index in [2.05, 4.69) is 25.6 Å². The molecule has 0 aliphatic heterocycles. The third-order valence-corrected chi connectivity index (χ3v) is 3.22. The van der Waals surface area contributed by atoms with Gasteiger partial charge in [0.25, 0.3) is 0 Å². The van der Waals surface area contributed by atoms with Gasteiger partial charge in [0.1, 0.15) is 12.1 Å². The van der Waals surface area contributed by atoms with Crippen LogP contribution in [-0.2, 0) is 11.3 Å². The molecule has 132 valence electrons. The van der Waals surface area contributed by atoms with Crippen LogP contribution in [0.3, 0.4) is 0 Å². The second-order valence-electron chi connectivity index (χ2n) is 4.90. The van der Waals surface area contributed by atoms with Gasteiger partial charge in [0, 0.05) is 51.9 Å². The van der Waals surface area contributed by atoms with Crippen LogP contribution >= 0.6 is 24.0 Å². The molecule has 0 aromatic carbocycles. The van der Waals surface area contributed by atoms with Gasteiger partial charge in [-0.3, -0.25) is 9.56 Å². The number of nitrogens with one attached hydrogen (secondary N) is 2. The summed E-state index contributed by atoms with van der Waals surface area (Å²) >= 11 is 0. The molecule has 0 saturated carbocycles. The first kappa shape index (κ1) is 20.4. The van der Waals surface area contributed by atoms with Crippen LogP contribution in [0.4, 0.5) is 0 Å². The van der Waals surface area contributed by atoms with Gasteiger partial charge in [-0.1, -0.05) is 6.07 Å². The molecule has 2 N–H and O–H groups in total. The van der Waals surface area contributed by atoms with Crippen LogP contribution in [0.5, 0.6) is 0 Å². The fraction of sp³-hybridized carbons (Fsp3) is 0.438. The molecular formula is C16H25IN6O. The molecule has 2 heterocycles. The van der Waals surface area contributed by atoms with E-state index in [0.717, 1.165) is 43.5 Å². The first-order chi connectivity index (χ1) is 11.3. The fourth-order valence-corrected chi connectivity index (χ4v) is 2.00. The lowest BCUT2D eigenvalue weighted by Gasteiger charge is -2.12. The van der Waals surface area contributed by atoms with Crippen molar-refractivity contribution >= 4 is 29.9 Å². The molecule has 0 radical (unpaired) electrons. The predicted octanol–water partition coefficient (Wildman–Crippen LogP) is 1.98. The van der Waals surface area contributed by atoms with Crippen LogP contribution in [-0.4, -0.2) is 47.3 Å². The Hall–Kier alpha value is -1.68. The second kappa shape index (κ2) is 11.8. The van der Waals surface area contributed by atoms with E-state index >= 15 is 0 Å². The maximum Gasteiger partial charge on any atom is 0.191 e. The van der Waals surface area contributed by atoms with Gasteiger partial charge < -0.3 is 15.4 Å². The maximum absolute atomic E-state index is 5.31. The molecule has 0 aliphatic rings. The molecule has 0 aliphatic carbocycles.